The minimum absolute atomic E-state index is 0.420. The lowest BCUT2D eigenvalue weighted by atomic mass is 10.0. The maximum Gasteiger partial charge on any atom is 0.147 e. The van der Waals surface area contributed by atoms with Gasteiger partial charge in [-0.2, -0.15) is 0 Å². The Balaban J connectivity index is 1.29. The van der Waals surface area contributed by atoms with Crippen molar-refractivity contribution in [3.8, 4) is 11.5 Å². The molecule has 0 unspecified atom stereocenters. The predicted octanol–water partition coefficient (Wildman–Crippen LogP) is 7.67. The molecule has 0 fully saturated rings. The van der Waals surface area contributed by atoms with Crippen LogP contribution in [0.25, 0.3) is 21.8 Å². The van der Waals surface area contributed by atoms with Crippen LogP contribution in [0.1, 0.15) is 43.1 Å². The van der Waals surface area contributed by atoms with Crippen molar-refractivity contribution in [3.63, 3.8) is 0 Å². The molecule has 0 atom stereocenters. The third kappa shape index (κ3) is 5.17. The van der Waals surface area contributed by atoms with Gasteiger partial charge in [-0.3, -0.25) is 0 Å². The molecule has 0 aliphatic carbocycles. The first-order valence-corrected chi connectivity index (χ1v) is 12.4. The standard InChI is InChI=1S/C31H32N2O2/c1-22(2)27-16-13-23(3)19-30(27)34-18-8-17-33-29-12-7-6-11-28(29)32-31(33)21-35-26-15-14-24-9-4-5-10-25(24)20-26/h4-7,9-16,19-20,22H,8,17-18,21H2,1-3H3. The first-order valence-electron chi connectivity index (χ1n) is 12.4. The highest BCUT2D eigenvalue weighted by Crippen LogP contribution is 2.28. The van der Waals surface area contributed by atoms with Gasteiger partial charge >= 0.3 is 0 Å². The van der Waals surface area contributed by atoms with Crippen molar-refractivity contribution in [1.29, 1.82) is 0 Å². The van der Waals surface area contributed by atoms with Crippen molar-refractivity contribution in [2.24, 2.45) is 0 Å². The molecule has 5 rings (SSSR count). The molecule has 0 spiro atoms. The zero-order valence-electron chi connectivity index (χ0n) is 20.7. The summed E-state index contributed by atoms with van der Waals surface area (Å²) in [5.41, 5.74) is 4.60. The first-order chi connectivity index (χ1) is 17.1. The third-order valence-electron chi connectivity index (χ3n) is 6.40. The third-order valence-corrected chi connectivity index (χ3v) is 6.40. The number of aromatic nitrogens is 2. The number of fused-ring (bicyclic) bond motifs is 2. The molecule has 0 N–H and O–H groups in total. The van der Waals surface area contributed by atoms with E-state index in [0.717, 1.165) is 41.3 Å². The predicted molar refractivity (Wildman–Crippen MR) is 143 cm³/mol. The molecule has 1 heterocycles. The highest BCUT2D eigenvalue weighted by molar-refractivity contribution is 5.83. The number of para-hydroxylation sites is 2. The lowest BCUT2D eigenvalue weighted by molar-refractivity contribution is 0.279. The quantitative estimate of drug-likeness (QED) is 0.210. The Labute approximate surface area is 207 Å². The average molecular weight is 465 g/mol. The molecule has 35 heavy (non-hydrogen) atoms. The molecule has 0 saturated carbocycles. The fourth-order valence-corrected chi connectivity index (χ4v) is 4.54. The number of rotatable bonds is 9. The SMILES string of the molecule is Cc1ccc(C(C)C)c(OCCCn2c(COc3ccc4ccccc4c3)nc3ccccc32)c1. The first kappa shape index (κ1) is 23.0. The van der Waals surface area contributed by atoms with Gasteiger partial charge in [0.15, 0.2) is 0 Å². The van der Waals surface area contributed by atoms with Crippen LogP contribution in [0, 0.1) is 6.92 Å². The molecule has 4 nitrogen and oxygen atoms in total. The lowest BCUT2D eigenvalue weighted by Crippen LogP contribution is -2.10. The Morgan fingerprint density at radius 2 is 1.63 bits per heavy atom. The Bertz CT molecular complexity index is 1450. The molecule has 0 amide bonds. The highest BCUT2D eigenvalue weighted by atomic mass is 16.5. The molecular formula is C31H32N2O2. The van der Waals surface area contributed by atoms with Gasteiger partial charge < -0.3 is 14.0 Å². The number of aryl methyl sites for hydroxylation is 2. The molecular weight excluding hydrogens is 432 g/mol. The highest BCUT2D eigenvalue weighted by Gasteiger charge is 2.12. The summed E-state index contributed by atoms with van der Waals surface area (Å²) in [4.78, 5) is 4.87. The van der Waals surface area contributed by atoms with Crippen molar-refractivity contribution < 1.29 is 9.47 Å². The van der Waals surface area contributed by atoms with E-state index in [1.54, 1.807) is 0 Å². The Kier molecular flexibility index (Phi) is 6.71. The molecule has 0 radical (unpaired) electrons. The summed E-state index contributed by atoms with van der Waals surface area (Å²) in [5.74, 6) is 3.21. The van der Waals surface area contributed by atoms with Gasteiger partial charge in [0.1, 0.15) is 23.9 Å². The van der Waals surface area contributed by atoms with Crippen LogP contribution in [0.15, 0.2) is 84.9 Å². The number of imidazole rings is 1. The van der Waals surface area contributed by atoms with E-state index in [2.05, 4.69) is 98.1 Å². The fraction of sp³-hybridized carbons (Fsp3) is 0.258. The van der Waals surface area contributed by atoms with E-state index in [1.807, 2.05) is 12.1 Å². The minimum Gasteiger partial charge on any atom is -0.493 e. The van der Waals surface area contributed by atoms with Gasteiger partial charge in [-0.1, -0.05) is 68.4 Å². The second kappa shape index (κ2) is 10.2. The number of hydrogen-bond donors (Lipinski definition) is 0. The van der Waals surface area contributed by atoms with E-state index in [1.165, 1.54) is 21.9 Å². The van der Waals surface area contributed by atoms with E-state index >= 15 is 0 Å². The Morgan fingerprint density at radius 1 is 0.829 bits per heavy atom. The Hall–Kier alpha value is -3.79. The topological polar surface area (TPSA) is 36.3 Å². The van der Waals surface area contributed by atoms with E-state index < -0.39 is 0 Å². The smallest absolute Gasteiger partial charge is 0.147 e. The van der Waals surface area contributed by atoms with E-state index in [0.29, 0.717) is 19.1 Å². The van der Waals surface area contributed by atoms with E-state index in [4.69, 9.17) is 14.5 Å². The zero-order valence-corrected chi connectivity index (χ0v) is 20.7. The van der Waals surface area contributed by atoms with Crippen LogP contribution >= 0.6 is 0 Å². The minimum atomic E-state index is 0.420. The van der Waals surface area contributed by atoms with Crippen LogP contribution in [0.4, 0.5) is 0 Å². The number of ether oxygens (including phenoxy) is 2. The molecule has 0 bridgehead atoms. The van der Waals surface area contributed by atoms with Crippen molar-refractivity contribution in [3.05, 3.63) is 102 Å². The summed E-state index contributed by atoms with van der Waals surface area (Å²) in [6.07, 6.45) is 0.884. The average Bonchev–Trinajstić information content (AvgIpc) is 3.22. The van der Waals surface area contributed by atoms with Gasteiger partial charge in [0.2, 0.25) is 0 Å². The van der Waals surface area contributed by atoms with Crippen molar-refractivity contribution >= 4 is 21.8 Å². The molecule has 4 heteroatoms. The van der Waals surface area contributed by atoms with E-state index in [9.17, 15) is 0 Å². The summed E-state index contributed by atoms with van der Waals surface area (Å²) in [7, 11) is 0. The summed E-state index contributed by atoms with van der Waals surface area (Å²) in [6, 6.07) is 29.3. The molecule has 0 aliphatic rings. The van der Waals surface area contributed by atoms with Crippen LogP contribution in [0.2, 0.25) is 0 Å². The summed E-state index contributed by atoms with van der Waals surface area (Å²) < 4.78 is 14.7. The van der Waals surface area contributed by atoms with Crippen LogP contribution in [0.5, 0.6) is 11.5 Å². The molecule has 0 aliphatic heterocycles. The van der Waals surface area contributed by atoms with Gasteiger partial charge in [-0.05, 0) is 71.5 Å². The molecule has 1 aromatic heterocycles. The van der Waals surface area contributed by atoms with Crippen LogP contribution in [-0.4, -0.2) is 16.2 Å². The second-order valence-corrected chi connectivity index (χ2v) is 9.36. The van der Waals surface area contributed by atoms with Gasteiger partial charge in [0.05, 0.1) is 17.6 Å². The summed E-state index contributed by atoms with van der Waals surface area (Å²) in [5, 5.41) is 2.38. The monoisotopic (exact) mass is 464 g/mol. The van der Waals surface area contributed by atoms with Crippen LogP contribution < -0.4 is 9.47 Å². The molecule has 178 valence electrons. The van der Waals surface area contributed by atoms with Gasteiger partial charge in [0.25, 0.3) is 0 Å². The van der Waals surface area contributed by atoms with Crippen molar-refractivity contribution in [1.82, 2.24) is 9.55 Å². The lowest BCUT2D eigenvalue weighted by Gasteiger charge is -2.15. The van der Waals surface area contributed by atoms with Crippen LogP contribution in [-0.2, 0) is 13.2 Å². The van der Waals surface area contributed by atoms with Crippen molar-refractivity contribution in [2.75, 3.05) is 6.61 Å². The maximum absolute atomic E-state index is 6.23. The Morgan fingerprint density at radius 3 is 2.49 bits per heavy atom. The van der Waals surface area contributed by atoms with Crippen molar-refractivity contribution in [2.45, 2.75) is 46.3 Å². The van der Waals surface area contributed by atoms with Gasteiger partial charge in [0, 0.05) is 6.54 Å². The van der Waals surface area contributed by atoms with Crippen LogP contribution in [0.3, 0.4) is 0 Å². The molecule has 5 aromatic rings. The molecule has 0 saturated heterocycles. The normalized spacial score (nSPS) is 11.4. The largest absolute Gasteiger partial charge is 0.493 e. The number of nitrogens with zero attached hydrogens (tertiary/aromatic N) is 2. The number of benzene rings is 4. The van der Waals surface area contributed by atoms with Gasteiger partial charge in [-0.25, -0.2) is 4.98 Å². The van der Waals surface area contributed by atoms with E-state index in [-0.39, 0.29) is 0 Å². The second-order valence-electron chi connectivity index (χ2n) is 9.36. The molecule has 4 aromatic carbocycles. The maximum atomic E-state index is 6.23. The van der Waals surface area contributed by atoms with Gasteiger partial charge in [-0.15, -0.1) is 0 Å². The number of hydrogen-bond acceptors (Lipinski definition) is 3. The zero-order chi connectivity index (χ0) is 24.2. The fourth-order valence-electron chi connectivity index (χ4n) is 4.54. The summed E-state index contributed by atoms with van der Waals surface area (Å²) >= 11 is 0. The summed E-state index contributed by atoms with van der Waals surface area (Å²) in [6.45, 7) is 8.41.